The Labute approximate surface area is 116 Å². The number of nitrogens with zero attached hydrogens (tertiary/aromatic N) is 1. The number of halogens is 1. The van der Waals surface area contributed by atoms with E-state index in [-0.39, 0.29) is 5.78 Å². The van der Waals surface area contributed by atoms with Gasteiger partial charge in [0, 0.05) is 34.9 Å². The van der Waals surface area contributed by atoms with Crippen molar-refractivity contribution in [2.75, 3.05) is 13.1 Å². The normalized spacial score (nSPS) is 21.6. The maximum atomic E-state index is 12.2. The Bertz CT molecular complexity index is 501. The second-order valence-electron chi connectivity index (χ2n) is 5.14. The quantitative estimate of drug-likeness (QED) is 0.614. The molecule has 3 saturated heterocycles. The Morgan fingerprint density at radius 2 is 2.11 bits per heavy atom. The molecule has 3 aliphatic heterocycles. The van der Waals surface area contributed by atoms with Crippen molar-refractivity contribution in [3.05, 3.63) is 46.1 Å². The number of carbonyl (C=O) groups is 1. The number of ketones is 1. The lowest BCUT2D eigenvalue weighted by Gasteiger charge is -2.42. The molecule has 4 rings (SSSR count). The maximum Gasteiger partial charge on any atom is 0.187 e. The number of benzene rings is 1. The largest absolute Gasteiger partial charge is 0.375 e. The Kier molecular flexibility index (Phi) is 3.25. The van der Waals surface area contributed by atoms with Gasteiger partial charge in [0.1, 0.15) is 0 Å². The van der Waals surface area contributed by atoms with E-state index < -0.39 is 0 Å². The van der Waals surface area contributed by atoms with Gasteiger partial charge in [0.25, 0.3) is 0 Å². The average Bonchev–Trinajstić information content (AvgIpc) is 2.40. The minimum absolute atomic E-state index is 0.124. The zero-order chi connectivity index (χ0) is 12.5. The summed E-state index contributed by atoms with van der Waals surface area (Å²) < 4.78 is 0.956. The lowest BCUT2D eigenvalue weighted by molar-refractivity contribution is 0.103. The molecule has 18 heavy (non-hydrogen) atoms. The molecule has 0 N–H and O–H groups in total. The van der Waals surface area contributed by atoms with Gasteiger partial charge in [-0.3, -0.25) is 4.79 Å². The van der Waals surface area contributed by atoms with Gasteiger partial charge < -0.3 is 4.90 Å². The molecule has 0 unspecified atom stereocenters. The molecular weight excluding hydrogens is 290 g/mol. The lowest BCUT2D eigenvalue weighted by atomic mass is 9.85. The van der Waals surface area contributed by atoms with Crippen LogP contribution in [0.25, 0.3) is 0 Å². The third-order valence-corrected chi connectivity index (χ3v) is 4.42. The molecule has 0 amide bonds. The van der Waals surface area contributed by atoms with E-state index in [1.165, 1.54) is 18.5 Å². The van der Waals surface area contributed by atoms with Crippen LogP contribution in [0.2, 0.25) is 0 Å². The third-order valence-electron chi connectivity index (χ3n) is 3.93. The molecule has 0 radical (unpaired) electrons. The first-order valence-electron chi connectivity index (χ1n) is 6.48. The molecule has 1 aromatic rings. The molecule has 0 spiro atoms. The van der Waals surface area contributed by atoms with E-state index >= 15 is 0 Å². The van der Waals surface area contributed by atoms with E-state index in [0.717, 1.165) is 35.5 Å². The van der Waals surface area contributed by atoms with Crippen LogP contribution in [0.15, 0.2) is 40.5 Å². The summed E-state index contributed by atoms with van der Waals surface area (Å²) in [6.45, 7) is 2.25. The molecule has 0 aliphatic carbocycles. The highest BCUT2D eigenvalue weighted by Crippen LogP contribution is 2.34. The molecule has 94 valence electrons. The van der Waals surface area contributed by atoms with Crippen molar-refractivity contribution in [2.45, 2.75) is 19.3 Å². The highest BCUT2D eigenvalue weighted by molar-refractivity contribution is 9.10. The van der Waals surface area contributed by atoms with Crippen LogP contribution in [0.4, 0.5) is 0 Å². The number of fused-ring (bicyclic) bond motifs is 3. The van der Waals surface area contributed by atoms with Gasteiger partial charge in [-0.25, -0.2) is 0 Å². The van der Waals surface area contributed by atoms with Crippen LogP contribution < -0.4 is 0 Å². The smallest absolute Gasteiger partial charge is 0.187 e. The molecule has 3 aliphatic rings. The van der Waals surface area contributed by atoms with Gasteiger partial charge in [0.05, 0.1) is 0 Å². The highest BCUT2D eigenvalue weighted by Gasteiger charge is 2.28. The zero-order valence-corrected chi connectivity index (χ0v) is 11.8. The third kappa shape index (κ3) is 2.37. The highest BCUT2D eigenvalue weighted by atomic mass is 79.9. The van der Waals surface area contributed by atoms with E-state index in [0.29, 0.717) is 0 Å². The first-order chi connectivity index (χ1) is 8.72. The number of hydrogen-bond donors (Lipinski definition) is 0. The summed E-state index contributed by atoms with van der Waals surface area (Å²) in [5.74, 6) is 0.926. The van der Waals surface area contributed by atoms with Gasteiger partial charge in [0.15, 0.2) is 5.78 Å². The Balaban J connectivity index is 1.81. The first kappa shape index (κ1) is 12.0. The summed E-state index contributed by atoms with van der Waals surface area (Å²) in [5, 5.41) is 0. The number of carbonyl (C=O) groups excluding carboxylic acids is 1. The summed E-state index contributed by atoms with van der Waals surface area (Å²) in [6.07, 6.45) is 5.51. The summed E-state index contributed by atoms with van der Waals surface area (Å²) in [4.78, 5) is 14.6. The van der Waals surface area contributed by atoms with E-state index in [4.69, 9.17) is 0 Å². The van der Waals surface area contributed by atoms with Crippen LogP contribution in [0, 0.1) is 5.92 Å². The molecular formula is C15H16BrNO. The zero-order valence-electron chi connectivity index (χ0n) is 10.2. The summed E-state index contributed by atoms with van der Waals surface area (Å²) in [5.41, 5.74) is 2.00. The second-order valence-corrected chi connectivity index (χ2v) is 6.06. The van der Waals surface area contributed by atoms with Crippen LogP contribution in [-0.4, -0.2) is 23.8 Å². The van der Waals surface area contributed by atoms with Crippen molar-refractivity contribution >= 4 is 21.7 Å². The van der Waals surface area contributed by atoms with Crippen LogP contribution in [0.5, 0.6) is 0 Å². The molecule has 0 saturated carbocycles. The van der Waals surface area contributed by atoms with Crippen molar-refractivity contribution in [1.29, 1.82) is 0 Å². The van der Waals surface area contributed by atoms with E-state index in [2.05, 4.69) is 20.8 Å². The van der Waals surface area contributed by atoms with Gasteiger partial charge in [0.2, 0.25) is 0 Å². The van der Waals surface area contributed by atoms with Crippen LogP contribution >= 0.6 is 15.9 Å². The van der Waals surface area contributed by atoms with Crippen molar-refractivity contribution in [3.63, 3.8) is 0 Å². The minimum Gasteiger partial charge on any atom is -0.375 e. The van der Waals surface area contributed by atoms with Crippen molar-refractivity contribution in [3.8, 4) is 0 Å². The summed E-state index contributed by atoms with van der Waals surface area (Å²) in [6, 6.07) is 7.61. The van der Waals surface area contributed by atoms with Crippen LogP contribution in [0.3, 0.4) is 0 Å². The molecule has 3 heterocycles. The number of rotatable bonds is 2. The fourth-order valence-electron chi connectivity index (χ4n) is 2.88. The average molecular weight is 306 g/mol. The maximum absolute atomic E-state index is 12.2. The first-order valence-corrected chi connectivity index (χ1v) is 7.27. The topological polar surface area (TPSA) is 20.3 Å². The molecule has 0 aromatic heterocycles. The molecule has 1 aromatic carbocycles. The van der Waals surface area contributed by atoms with E-state index in [1.807, 2.05) is 30.3 Å². The van der Waals surface area contributed by atoms with Gasteiger partial charge >= 0.3 is 0 Å². The number of allylic oxidation sites excluding steroid dienone is 2. The monoisotopic (exact) mass is 305 g/mol. The van der Waals surface area contributed by atoms with Crippen molar-refractivity contribution in [1.82, 2.24) is 4.90 Å². The Morgan fingerprint density at radius 3 is 2.72 bits per heavy atom. The van der Waals surface area contributed by atoms with Crippen LogP contribution in [-0.2, 0) is 0 Å². The standard InChI is InChI=1S/C15H16BrNO/c16-13-3-1-2-12(9-13)15(18)10-14-8-11-4-6-17(14)7-5-11/h1-3,9-11H,4-8H2/b14-10+. The van der Waals surface area contributed by atoms with Crippen molar-refractivity contribution < 1.29 is 4.79 Å². The second kappa shape index (κ2) is 4.88. The summed E-state index contributed by atoms with van der Waals surface area (Å²) >= 11 is 3.40. The number of piperidine rings is 3. The molecule has 0 atom stereocenters. The minimum atomic E-state index is 0.124. The van der Waals surface area contributed by atoms with Gasteiger partial charge in [-0.15, -0.1) is 0 Å². The van der Waals surface area contributed by atoms with Gasteiger partial charge in [-0.05, 0) is 37.3 Å². The predicted octanol–water partition coefficient (Wildman–Crippen LogP) is 3.63. The van der Waals surface area contributed by atoms with Gasteiger partial charge in [-0.1, -0.05) is 28.1 Å². The molecule has 3 fully saturated rings. The molecule has 2 nitrogen and oxygen atoms in total. The van der Waals surface area contributed by atoms with E-state index in [9.17, 15) is 4.79 Å². The molecule has 3 heteroatoms. The fraction of sp³-hybridized carbons (Fsp3) is 0.400. The molecule has 2 bridgehead atoms. The Morgan fingerprint density at radius 1 is 1.33 bits per heavy atom. The SMILES string of the molecule is O=C(/C=C1\CC2CCN1CC2)c1cccc(Br)c1. The fourth-order valence-corrected chi connectivity index (χ4v) is 3.28. The van der Waals surface area contributed by atoms with Crippen molar-refractivity contribution in [2.24, 2.45) is 5.92 Å². The number of hydrogen-bond acceptors (Lipinski definition) is 2. The lowest BCUT2D eigenvalue weighted by Crippen LogP contribution is -2.39. The van der Waals surface area contributed by atoms with Crippen LogP contribution in [0.1, 0.15) is 29.6 Å². The van der Waals surface area contributed by atoms with E-state index in [1.54, 1.807) is 0 Å². The van der Waals surface area contributed by atoms with Gasteiger partial charge in [-0.2, -0.15) is 0 Å². The summed E-state index contributed by atoms with van der Waals surface area (Å²) in [7, 11) is 0. The predicted molar refractivity (Wildman–Crippen MR) is 75.5 cm³/mol. The Hall–Kier alpha value is -1.09.